The second kappa shape index (κ2) is 15.1. The first-order valence-electron chi connectivity index (χ1n) is 25.4. The van der Waals surface area contributed by atoms with E-state index in [1.165, 1.54) is 5.56 Å². The lowest BCUT2D eigenvalue weighted by molar-refractivity contribution is 0.360. The molecule has 3 aliphatic rings. The molecule has 74 heavy (non-hydrogen) atoms. The van der Waals surface area contributed by atoms with Gasteiger partial charge in [0.05, 0.1) is 22.4 Å². The Morgan fingerprint density at radius 3 is 1.80 bits per heavy atom. The molecule has 0 aliphatic carbocycles. The van der Waals surface area contributed by atoms with Crippen LogP contribution in [0.3, 0.4) is 0 Å². The van der Waals surface area contributed by atoms with Crippen molar-refractivity contribution in [3.63, 3.8) is 0 Å². The van der Waals surface area contributed by atoms with Crippen molar-refractivity contribution in [2.45, 2.75) is 26.2 Å². The number of aromatic nitrogens is 1. The maximum absolute atomic E-state index is 7.30. The summed E-state index contributed by atoms with van der Waals surface area (Å²) in [5, 5.41) is 5.33. The number of nitrogens with zero attached hydrogens (tertiary/aromatic N) is 3. The highest BCUT2D eigenvalue weighted by Crippen LogP contribution is 2.56. The molecule has 10 aromatic carbocycles. The Balaban J connectivity index is 1.09. The summed E-state index contributed by atoms with van der Waals surface area (Å²) in [7, 11) is 0. The molecule has 6 heterocycles. The SMILES string of the molecule is CC(C)(C)c1ccc(N2c3cc4c(cc3B3c5c(cc6c(oc7ccccc76)c52)-c2ccc(N(c5ccccc5)c5ccccc5)c5c6c7ccccc7oc6n3c25)Oc2ccccc2O4)c(-c2ccccc2)c1. The fraction of sp³-hybridized carbons (Fsp3) is 0.0606. The monoisotopic (exact) mass is 953 g/mol. The zero-order chi connectivity index (χ0) is 49.0. The minimum absolute atomic E-state index is 0.112. The standard InChI is InChI=1S/C66H44BN3O4/c1-66(2,3)40-31-33-50(46(35-40)39-19-7-4-8-20-39)69-52-38-58-57(71-55-29-17-18-30-56(55)72-58)37-49(52)67-61-47(36-48-43-25-13-15-27-53(43)73-64(48)63(61)69)44-32-34-51(68(41-21-9-5-10-22-41)42-23-11-6-12-24-42)60-59-45-26-14-16-28-54(45)74-65(59)70(67)62(44)60/h4-38H,1-3H3. The van der Waals surface area contributed by atoms with Crippen LogP contribution >= 0.6 is 0 Å². The van der Waals surface area contributed by atoms with Crippen LogP contribution in [0.2, 0.25) is 0 Å². The number of para-hydroxylation sites is 6. The van der Waals surface area contributed by atoms with E-state index in [0.717, 1.165) is 122 Å². The highest BCUT2D eigenvalue weighted by atomic mass is 16.6. The second-order valence-corrected chi connectivity index (χ2v) is 20.8. The molecule has 0 saturated carbocycles. The molecule has 0 amide bonds. The van der Waals surface area contributed by atoms with Crippen molar-refractivity contribution in [1.29, 1.82) is 0 Å². The van der Waals surface area contributed by atoms with E-state index in [9.17, 15) is 0 Å². The second-order valence-electron chi connectivity index (χ2n) is 20.8. The summed E-state index contributed by atoms with van der Waals surface area (Å²) in [6.07, 6.45) is 0. The van der Waals surface area contributed by atoms with Gasteiger partial charge in [0.2, 0.25) is 0 Å². The number of benzene rings is 10. The third-order valence-corrected chi connectivity index (χ3v) is 15.5. The average molecular weight is 954 g/mol. The zero-order valence-corrected chi connectivity index (χ0v) is 40.8. The van der Waals surface area contributed by atoms with Gasteiger partial charge in [0, 0.05) is 61.3 Å². The molecule has 16 rings (SSSR count). The molecule has 0 radical (unpaired) electrons. The number of rotatable bonds is 5. The molecule has 13 aromatic rings. The van der Waals surface area contributed by atoms with Gasteiger partial charge in [-0.05, 0) is 112 Å². The Morgan fingerprint density at radius 1 is 0.473 bits per heavy atom. The lowest BCUT2D eigenvalue weighted by atomic mass is 9.45. The van der Waals surface area contributed by atoms with E-state index >= 15 is 0 Å². The Labute approximate surface area is 426 Å². The molecular weight excluding hydrogens is 910 g/mol. The van der Waals surface area contributed by atoms with Crippen LogP contribution in [0.25, 0.3) is 77.2 Å². The number of ether oxygens (including phenoxy) is 2. The van der Waals surface area contributed by atoms with Crippen LogP contribution in [0, 0.1) is 0 Å². The van der Waals surface area contributed by atoms with Crippen LogP contribution in [0.1, 0.15) is 26.3 Å². The quantitative estimate of drug-likeness (QED) is 0.160. The Bertz CT molecular complexity index is 4450. The van der Waals surface area contributed by atoms with Crippen molar-refractivity contribution in [3.8, 4) is 45.3 Å². The molecular formula is C66H44BN3O4. The summed E-state index contributed by atoms with van der Waals surface area (Å²) in [4.78, 5) is 4.84. The van der Waals surface area contributed by atoms with Gasteiger partial charge in [-0.2, -0.15) is 0 Å². The fourth-order valence-corrected chi connectivity index (χ4v) is 12.3. The minimum atomic E-state index is -0.422. The maximum atomic E-state index is 7.30. The molecule has 8 heteroatoms. The third kappa shape index (κ3) is 5.73. The first-order valence-corrected chi connectivity index (χ1v) is 25.4. The van der Waals surface area contributed by atoms with Gasteiger partial charge in [0.25, 0.3) is 0 Å². The van der Waals surface area contributed by atoms with Crippen molar-refractivity contribution in [3.05, 3.63) is 218 Å². The van der Waals surface area contributed by atoms with E-state index in [1.807, 2.05) is 24.3 Å². The molecule has 350 valence electrons. The molecule has 0 bridgehead atoms. The molecule has 0 saturated heterocycles. The maximum Gasteiger partial charge on any atom is 0.336 e. The van der Waals surface area contributed by atoms with Crippen LogP contribution in [-0.4, -0.2) is 11.3 Å². The van der Waals surface area contributed by atoms with Crippen LogP contribution in [0.5, 0.6) is 23.0 Å². The van der Waals surface area contributed by atoms with Crippen LogP contribution in [-0.2, 0) is 5.41 Å². The van der Waals surface area contributed by atoms with Crippen LogP contribution in [0.15, 0.2) is 221 Å². The number of furan rings is 2. The lowest BCUT2D eigenvalue weighted by Gasteiger charge is -2.41. The molecule has 0 atom stereocenters. The number of fused-ring (bicyclic) bond motifs is 15. The summed E-state index contributed by atoms with van der Waals surface area (Å²) in [5.41, 5.74) is 18.2. The normalized spacial score (nSPS) is 13.2. The minimum Gasteiger partial charge on any atom is -0.454 e. The van der Waals surface area contributed by atoms with E-state index in [-0.39, 0.29) is 5.41 Å². The predicted octanol–water partition coefficient (Wildman–Crippen LogP) is 17.2. The Kier molecular flexibility index (Phi) is 8.40. The van der Waals surface area contributed by atoms with Gasteiger partial charge in [0.1, 0.15) is 11.2 Å². The van der Waals surface area contributed by atoms with Crippen molar-refractivity contribution < 1.29 is 18.3 Å². The van der Waals surface area contributed by atoms with Crippen molar-refractivity contribution in [1.82, 2.24) is 4.48 Å². The van der Waals surface area contributed by atoms with Crippen molar-refractivity contribution >= 4 is 107 Å². The zero-order valence-electron chi connectivity index (χ0n) is 40.8. The van der Waals surface area contributed by atoms with Crippen LogP contribution < -0.4 is 30.2 Å². The highest BCUT2D eigenvalue weighted by molar-refractivity contribution is 6.90. The average Bonchev–Trinajstić information content (AvgIpc) is 4.12. The molecule has 0 N–H and O–H groups in total. The first-order chi connectivity index (χ1) is 36.4. The van der Waals surface area contributed by atoms with E-state index in [1.54, 1.807) is 0 Å². The van der Waals surface area contributed by atoms with E-state index in [2.05, 4.69) is 223 Å². The number of hydrogen-bond acceptors (Lipinski definition) is 6. The molecule has 0 spiro atoms. The molecule has 0 unspecified atom stereocenters. The van der Waals surface area contributed by atoms with E-state index in [4.69, 9.17) is 18.3 Å². The molecule has 0 fully saturated rings. The van der Waals surface area contributed by atoms with Gasteiger partial charge in [-0.15, -0.1) is 0 Å². The van der Waals surface area contributed by atoms with Crippen molar-refractivity contribution in [2.75, 3.05) is 9.80 Å². The van der Waals surface area contributed by atoms with Crippen LogP contribution in [0.4, 0.5) is 34.1 Å². The van der Waals surface area contributed by atoms with E-state index in [0.29, 0.717) is 23.0 Å². The van der Waals surface area contributed by atoms with Gasteiger partial charge in [-0.1, -0.05) is 148 Å². The summed E-state index contributed by atoms with van der Waals surface area (Å²) in [5.74, 6) is 2.62. The molecule has 7 nitrogen and oxygen atoms in total. The number of hydrogen-bond donors (Lipinski definition) is 0. The van der Waals surface area contributed by atoms with Crippen molar-refractivity contribution in [2.24, 2.45) is 0 Å². The Morgan fingerprint density at radius 2 is 1.09 bits per heavy atom. The third-order valence-electron chi connectivity index (χ3n) is 15.5. The highest BCUT2D eigenvalue weighted by Gasteiger charge is 2.47. The smallest absolute Gasteiger partial charge is 0.336 e. The van der Waals surface area contributed by atoms with Gasteiger partial charge in [0.15, 0.2) is 34.3 Å². The molecule has 3 aromatic heterocycles. The predicted molar refractivity (Wildman–Crippen MR) is 302 cm³/mol. The van der Waals surface area contributed by atoms with Gasteiger partial charge >= 0.3 is 6.85 Å². The summed E-state index contributed by atoms with van der Waals surface area (Å²) in [6, 6.07) is 75.4. The lowest BCUT2D eigenvalue weighted by Crippen LogP contribution is -2.56. The topological polar surface area (TPSA) is 56.2 Å². The first kappa shape index (κ1) is 41.2. The fourth-order valence-electron chi connectivity index (χ4n) is 12.3. The van der Waals surface area contributed by atoms with Gasteiger partial charge in [-0.25, -0.2) is 0 Å². The summed E-state index contributed by atoms with van der Waals surface area (Å²) >= 11 is 0. The molecule has 3 aliphatic heterocycles. The van der Waals surface area contributed by atoms with Gasteiger partial charge in [-0.3, -0.25) is 0 Å². The van der Waals surface area contributed by atoms with Gasteiger partial charge < -0.3 is 32.6 Å². The summed E-state index contributed by atoms with van der Waals surface area (Å²) < 4.78 is 30.8. The Hall–Kier alpha value is -9.40. The summed E-state index contributed by atoms with van der Waals surface area (Å²) in [6.45, 7) is 6.42. The van der Waals surface area contributed by atoms with E-state index < -0.39 is 6.85 Å². The number of anilines is 6. The largest absolute Gasteiger partial charge is 0.454 e.